The fraction of sp³-hybridized carbons (Fsp3) is 0.652. The van der Waals surface area contributed by atoms with Crippen LogP contribution in [0.2, 0.25) is 0 Å². The molecule has 2 aromatic rings. The molecule has 0 bridgehead atoms. The number of fused-ring (bicyclic) bond motifs is 1. The molecule has 160 valence electrons. The maximum Gasteiger partial charge on any atom is 0.255 e. The average Bonchev–Trinajstić information content (AvgIpc) is 3.14. The second kappa shape index (κ2) is 10.7. The number of amides is 1. The first-order valence-electron chi connectivity index (χ1n) is 11.1. The number of carbonyl (C=O) groups excluding carboxylic acids is 1. The lowest BCUT2D eigenvalue weighted by Gasteiger charge is -2.29. The van der Waals surface area contributed by atoms with Crippen molar-refractivity contribution in [3.8, 4) is 0 Å². The van der Waals surface area contributed by atoms with E-state index < -0.39 is 0 Å². The predicted octanol–water partition coefficient (Wildman–Crippen LogP) is 4.29. The smallest absolute Gasteiger partial charge is 0.255 e. The van der Waals surface area contributed by atoms with Gasteiger partial charge in [0.15, 0.2) is 0 Å². The molecular formula is C23H35N3O3. The third kappa shape index (κ3) is 5.58. The van der Waals surface area contributed by atoms with Gasteiger partial charge in [-0.1, -0.05) is 26.7 Å². The summed E-state index contributed by atoms with van der Waals surface area (Å²) in [7, 11) is 1.69. The van der Waals surface area contributed by atoms with E-state index in [2.05, 4.69) is 25.2 Å². The van der Waals surface area contributed by atoms with E-state index in [-0.39, 0.29) is 11.9 Å². The molecule has 6 nitrogen and oxygen atoms in total. The van der Waals surface area contributed by atoms with Crippen molar-refractivity contribution in [1.82, 2.24) is 14.7 Å². The van der Waals surface area contributed by atoms with Crippen LogP contribution < -0.4 is 5.32 Å². The molecule has 0 aromatic carbocycles. The SMILES string of the molecule is CCCCOC1CCC(NC(=O)c2ccn3c(COC)cc(CCC)nc23)CC1. The van der Waals surface area contributed by atoms with Crippen LogP contribution >= 0.6 is 0 Å². The normalized spacial score (nSPS) is 19.6. The Balaban J connectivity index is 1.66. The molecule has 1 amide bonds. The van der Waals surface area contributed by atoms with Crippen molar-refractivity contribution in [2.24, 2.45) is 0 Å². The number of nitrogens with one attached hydrogen (secondary N) is 1. The third-order valence-electron chi connectivity index (χ3n) is 5.66. The molecule has 29 heavy (non-hydrogen) atoms. The van der Waals surface area contributed by atoms with Crippen LogP contribution in [0.1, 0.15) is 80.5 Å². The lowest BCUT2D eigenvalue weighted by Crippen LogP contribution is -2.39. The van der Waals surface area contributed by atoms with Gasteiger partial charge in [0.1, 0.15) is 5.65 Å². The molecule has 0 aliphatic heterocycles. The maximum absolute atomic E-state index is 13.0. The van der Waals surface area contributed by atoms with Gasteiger partial charge in [-0.25, -0.2) is 4.98 Å². The molecular weight excluding hydrogens is 366 g/mol. The van der Waals surface area contributed by atoms with E-state index in [1.165, 1.54) is 0 Å². The molecule has 1 aliphatic carbocycles. The summed E-state index contributed by atoms with van der Waals surface area (Å²) >= 11 is 0. The molecule has 0 unspecified atom stereocenters. The monoisotopic (exact) mass is 401 g/mol. The molecule has 1 saturated carbocycles. The lowest BCUT2D eigenvalue weighted by atomic mass is 9.92. The van der Waals surface area contributed by atoms with Gasteiger partial charge in [-0.05, 0) is 50.7 Å². The van der Waals surface area contributed by atoms with E-state index in [1.807, 2.05) is 16.7 Å². The molecule has 1 aliphatic rings. The molecule has 6 heteroatoms. The molecule has 2 heterocycles. The molecule has 0 spiro atoms. The van der Waals surface area contributed by atoms with Gasteiger partial charge in [0.05, 0.1) is 24.0 Å². The predicted molar refractivity (Wildman–Crippen MR) is 114 cm³/mol. The van der Waals surface area contributed by atoms with Gasteiger partial charge in [-0.2, -0.15) is 0 Å². The Morgan fingerprint density at radius 2 is 2.03 bits per heavy atom. The van der Waals surface area contributed by atoms with Crippen molar-refractivity contribution in [1.29, 1.82) is 0 Å². The molecule has 2 aromatic heterocycles. The zero-order valence-corrected chi connectivity index (χ0v) is 18.1. The van der Waals surface area contributed by atoms with Crippen molar-refractivity contribution < 1.29 is 14.3 Å². The van der Waals surface area contributed by atoms with E-state index >= 15 is 0 Å². The minimum atomic E-state index is -0.0348. The summed E-state index contributed by atoms with van der Waals surface area (Å²) < 4.78 is 13.3. The number of aryl methyl sites for hydroxylation is 1. The average molecular weight is 402 g/mol. The molecule has 1 N–H and O–H groups in total. The Bertz CT molecular complexity index is 794. The third-order valence-corrected chi connectivity index (χ3v) is 5.66. The number of unbranched alkanes of at least 4 members (excludes halogenated alkanes) is 1. The zero-order chi connectivity index (χ0) is 20.6. The van der Waals surface area contributed by atoms with E-state index in [9.17, 15) is 4.79 Å². The molecule has 3 rings (SSSR count). The Labute approximate surface area is 174 Å². The van der Waals surface area contributed by atoms with Crippen LogP contribution in [0.5, 0.6) is 0 Å². The molecule has 0 saturated heterocycles. The van der Waals surface area contributed by atoms with Crippen LogP contribution in [0.4, 0.5) is 0 Å². The Kier molecular flexibility index (Phi) is 8.07. The van der Waals surface area contributed by atoms with Crippen molar-refractivity contribution in [3.63, 3.8) is 0 Å². The number of aromatic nitrogens is 2. The number of hydrogen-bond acceptors (Lipinski definition) is 4. The highest BCUT2D eigenvalue weighted by atomic mass is 16.5. The second-order valence-corrected chi connectivity index (χ2v) is 8.02. The number of ether oxygens (including phenoxy) is 2. The second-order valence-electron chi connectivity index (χ2n) is 8.02. The Morgan fingerprint density at radius 3 is 2.72 bits per heavy atom. The minimum absolute atomic E-state index is 0.0348. The first kappa shape index (κ1) is 21.8. The Hall–Kier alpha value is -1.92. The summed E-state index contributed by atoms with van der Waals surface area (Å²) in [6.45, 7) is 5.66. The number of nitrogens with zero attached hydrogens (tertiary/aromatic N) is 2. The van der Waals surface area contributed by atoms with Crippen LogP contribution in [-0.2, 0) is 22.5 Å². The summed E-state index contributed by atoms with van der Waals surface area (Å²) in [5, 5.41) is 3.23. The summed E-state index contributed by atoms with van der Waals surface area (Å²) in [6.07, 6.45) is 10.4. The quantitative estimate of drug-likeness (QED) is 0.603. The summed E-state index contributed by atoms with van der Waals surface area (Å²) in [6, 6.07) is 4.15. The van der Waals surface area contributed by atoms with E-state index in [1.54, 1.807) is 7.11 Å². The fourth-order valence-electron chi connectivity index (χ4n) is 4.05. The van der Waals surface area contributed by atoms with Gasteiger partial charge in [-0.15, -0.1) is 0 Å². The molecule has 0 radical (unpaired) electrons. The topological polar surface area (TPSA) is 64.9 Å². The number of hydrogen-bond donors (Lipinski definition) is 1. The maximum atomic E-state index is 13.0. The van der Waals surface area contributed by atoms with Crippen LogP contribution in [0.25, 0.3) is 5.65 Å². The van der Waals surface area contributed by atoms with Gasteiger partial charge in [0.25, 0.3) is 5.91 Å². The van der Waals surface area contributed by atoms with E-state index in [4.69, 9.17) is 14.5 Å². The van der Waals surface area contributed by atoms with Crippen LogP contribution in [0.15, 0.2) is 18.3 Å². The van der Waals surface area contributed by atoms with Crippen LogP contribution in [-0.4, -0.2) is 41.2 Å². The van der Waals surface area contributed by atoms with Crippen molar-refractivity contribution >= 4 is 11.6 Å². The fourth-order valence-corrected chi connectivity index (χ4v) is 4.05. The minimum Gasteiger partial charge on any atom is -0.378 e. The van der Waals surface area contributed by atoms with Crippen LogP contribution in [0, 0.1) is 0 Å². The standard InChI is InChI=1S/C23H35N3O3/c1-4-6-14-29-20-10-8-17(9-11-20)25-23(27)21-12-13-26-19(16-28-3)15-18(7-5-2)24-22(21)26/h12-13,15,17,20H,4-11,14,16H2,1-3H3,(H,25,27). The van der Waals surface area contributed by atoms with E-state index in [0.717, 1.165) is 75.0 Å². The Morgan fingerprint density at radius 1 is 1.24 bits per heavy atom. The van der Waals surface area contributed by atoms with Gasteiger partial charge >= 0.3 is 0 Å². The van der Waals surface area contributed by atoms with Crippen molar-refractivity contribution in [2.75, 3.05) is 13.7 Å². The lowest BCUT2D eigenvalue weighted by molar-refractivity contribution is 0.0209. The van der Waals surface area contributed by atoms with E-state index in [0.29, 0.717) is 18.3 Å². The first-order chi connectivity index (χ1) is 14.2. The zero-order valence-electron chi connectivity index (χ0n) is 18.1. The van der Waals surface area contributed by atoms with Crippen LogP contribution in [0.3, 0.4) is 0 Å². The van der Waals surface area contributed by atoms with Gasteiger partial charge < -0.3 is 19.2 Å². The van der Waals surface area contributed by atoms with Crippen molar-refractivity contribution in [3.05, 3.63) is 35.3 Å². The number of rotatable bonds is 10. The number of methoxy groups -OCH3 is 1. The summed E-state index contributed by atoms with van der Waals surface area (Å²) in [5.74, 6) is -0.0348. The highest BCUT2D eigenvalue weighted by Crippen LogP contribution is 2.23. The largest absolute Gasteiger partial charge is 0.378 e. The molecule has 0 atom stereocenters. The van der Waals surface area contributed by atoms with Crippen molar-refractivity contribution in [2.45, 2.75) is 84.0 Å². The highest BCUT2D eigenvalue weighted by molar-refractivity contribution is 6.00. The highest BCUT2D eigenvalue weighted by Gasteiger charge is 2.24. The van der Waals surface area contributed by atoms with Gasteiger partial charge in [0.2, 0.25) is 0 Å². The van der Waals surface area contributed by atoms with Gasteiger partial charge in [0, 0.05) is 31.6 Å². The first-order valence-corrected chi connectivity index (χ1v) is 11.1. The van der Waals surface area contributed by atoms with Gasteiger partial charge in [-0.3, -0.25) is 4.79 Å². The summed E-state index contributed by atoms with van der Waals surface area (Å²) in [5.41, 5.74) is 3.38. The molecule has 1 fully saturated rings. The number of carbonyl (C=O) groups is 1. The summed E-state index contributed by atoms with van der Waals surface area (Å²) in [4.78, 5) is 17.8.